The minimum atomic E-state index is -0.762. The second-order valence-corrected chi connectivity index (χ2v) is 7.36. The summed E-state index contributed by atoms with van der Waals surface area (Å²) in [5.74, 6) is 0.726. The lowest BCUT2D eigenvalue weighted by molar-refractivity contribution is 0.457. The van der Waals surface area contributed by atoms with Gasteiger partial charge in [-0.1, -0.05) is 26.0 Å². The van der Waals surface area contributed by atoms with Crippen LogP contribution in [0.5, 0.6) is 0 Å². The summed E-state index contributed by atoms with van der Waals surface area (Å²) in [5, 5.41) is 4.04. The van der Waals surface area contributed by atoms with Gasteiger partial charge in [-0.3, -0.25) is 0 Å². The third-order valence-electron chi connectivity index (χ3n) is 3.31. The van der Waals surface area contributed by atoms with E-state index >= 15 is 0 Å². The predicted octanol–water partition coefficient (Wildman–Crippen LogP) is 3.85. The van der Waals surface area contributed by atoms with E-state index in [1.54, 1.807) is 12.1 Å². The molecular weight excluding hydrogens is 284 g/mol. The molecule has 1 aliphatic heterocycles. The summed E-state index contributed by atoms with van der Waals surface area (Å²) in [4.78, 5) is 0. The highest BCUT2D eigenvalue weighted by Gasteiger charge is 2.32. The van der Waals surface area contributed by atoms with Gasteiger partial charge in [0.25, 0.3) is 0 Å². The van der Waals surface area contributed by atoms with E-state index < -0.39 is 11.6 Å². The molecule has 1 aromatic carbocycles. The molecule has 1 heterocycles. The Balaban J connectivity index is 2.30. The first-order valence-corrected chi connectivity index (χ1v) is 8.65. The maximum atomic E-state index is 14.0. The van der Waals surface area contributed by atoms with Gasteiger partial charge in [0, 0.05) is 33.6 Å². The normalized spacial score (nSPS) is 25.3. The Morgan fingerprint density at radius 1 is 1.32 bits per heavy atom. The fraction of sp³-hybridized carbons (Fsp3) is 0.571. The Bertz CT molecular complexity index is 428. The highest BCUT2D eigenvalue weighted by molar-refractivity contribution is 8.07. The van der Waals surface area contributed by atoms with Crippen LogP contribution in [0, 0.1) is 11.6 Å². The van der Waals surface area contributed by atoms with Crippen molar-refractivity contribution in [1.29, 1.82) is 0 Å². The molecular formula is C14H19F2NS2. The number of thioether (sulfide) groups is 2. The molecule has 3 unspecified atom stereocenters. The second-order valence-electron chi connectivity index (χ2n) is 4.59. The number of halogens is 2. The zero-order chi connectivity index (χ0) is 13.8. The van der Waals surface area contributed by atoms with Gasteiger partial charge in [0.15, 0.2) is 11.6 Å². The van der Waals surface area contributed by atoms with Crippen LogP contribution in [0.1, 0.15) is 25.5 Å². The van der Waals surface area contributed by atoms with Crippen LogP contribution in [0.3, 0.4) is 0 Å². The molecule has 5 heteroatoms. The molecule has 0 radical (unpaired) electrons. The molecule has 1 aromatic rings. The van der Waals surface area contributed by atoms with Crippen molar-refractivity contribution in [3.05, 3.63) is 35.4 Å². The number of hydrogen-bond acceptors (Lipinski definition) is 3. The Morgan fingerprint density at radius 3 is 2.74 bits per heavy atom. The van der Waals surface area contributed by atoms with Crippen LogP contribution < -0.4 is 5.32 Å². The lowest BCUT2D eigenvalue weighted by Gasteiger charge is -2.35. The van der Waals surface area contributed by atoms with Crippen LogP contribution in [0.15, 0.2) is 18.2 Å². The van der Waals surface area contributed by atoms with E-state index in [1.165, 1.54) is 6.07 Å². The molecule has 0 aromatic heterocycles. The first-order chi connectivity index (χ1) is 9.15. The SMILES string of the molecule is CCNC(c1cccc(F)c1F)C1SCCSC1C. The maximum Gasteiger partial charge on any atom is 0.163 e. The molecule has 3 atom stereocenters. The van der Waals surface area contributed by atoms with Crippen LogP contribution in [0.4, 0.5) is 8.78 Å². The first kappa shape index (κ1) is 15.1. The van der Waals surface area contributed by atoms with Crippen molar-refractivity contribution in [3.63, 3.8) is 0 Å². The van der Waals surface area contributed by atoms with Gasteiger partial charge in [0.05, 0.1) is 0 Å². The molecule has 0 bridgehead atoms. The molecule has 106 valence electrons. The molecule has 0 aliphatic carbocycles. The summed E-state index contributed by atoms with van der Waals surface area (Å²) < 4.78 is 27.5. The topological polar surface area (TPSA) is 12.0 Å². The number of hydrogen-bond donors (Lipinski definition) is 1. The minimum Gasteiger partial charge on any atom is -0.309 e. The van der Waals surface area contributed by atoms with E-state index in [-0.39, 0.29) is 11.3 Å². The van der Waals surface area contributed by atoms with E-state index in [1.807, 2.05) is 30.4 Å². The number of benzene rings is 1. The van der Waals surface area contributed by atoms with Crippen LogP contribution >= 0.6 is 23.5 Å². The van der Waals surface area contributed by atoms with Gasteiger partial charge in [-0.15, -0.1) is 0 Å². The molecule has 1 N–H and O–H groups in total. The number of rotatable bonds is 4. The highest BCUT2D eigenvalue weighted by atomic mass is 32.2. The summed E-state index contributed by atoms with van der Waals surface area (Å²) in [7, 11) is 0. The van der Waals surface area contributed by atoms with E-state index in [4.69, 9.17) is 0 Å². The monoisotopic (exact) mass is 303 g/mol. The maximum absolute atomic E-state index is 14.0. The fourth-order valence-electron chi connectivity index (χ4n) is 2.40. The summed E-state index contributed by atoms with van der Waals surface area (Å²) >= 11 is 3.76. The predicted molar refractivity (Wildman–Crippen MR) is 80.9 cm³/mol. The van der Waals surface area contributed by atoms with Crippen molar-refractivity contribution >= 4 is 23.5 Å². The van der Waals surface area contributed by atoms with Crippen molar-refractivity contribution in [3.8, 4) is 0 Å². The van der Waals surface area contributed by atoms with E-state index in [2.05, 4.69) is 12.2 Å². The Morgan fingerprint density at radius 2 is 2.05 bits per heavy atom. The summed E-state index contributed by atoms with van der Waals surface area (Å²) in [6.45, 7) is 4.91. The van der Waals surface area contributed by atoms with Gasteiger partial charge < -0.3 is 5.32 Å². The highest BCUT2D eigenvalue weighted by Crippen LogP contribution is 2.39. The first-order valence-electron chi connectivity index (χ1n) is 6.55. The fourth-order valence-corrected chi connectivity index (χ4v) is 5.34. The molecule has 19 heavy (non-hydrogen) atoms. The molecule has 2 rings (SSSR count). The molecule has 1 aliphatic rings. The van der Waals surface area contributed by atoms with Crippen LogP contribution in [0.2, 0.25) is 0 Å². The van der Waals surface area contributed by atoms with Gasteiger partial charge in [-0.05, 0) is 12.6 Å². The second kappa shape index (κ2) is 6.95. The molecule has 0 amide bonds. The van der Waals surface area contributed by atoms with E-state index in [0.29, 0.717) is 10.8 Å². The van der Waals surface area contributed by atoms with Crippen molar-refractivity contribution in [1.82, 2.24) is 5.32 Å². The van der Waals surface area contributed by atoms with Gasteiger partial charge >= 0.3 is 0 Å². The lowest BCUT2D eigenvalue weighted by Crippen LogP contribution is -2.38. The average molecular weight is 303 g/mol. The summed E-state index contributed by atoms with van der Waals surface area (Å²) in [6.07, 6.45) is 0. The zero-order valence-corrected chi connectivity index (χ0v) is 12.8. The van der Waals surface area contributed by atoms with E-state index in [9.17, 15) is 8.78 Å². The third-order valence-corrected chi connectivity index (χ3v) is 6.50. The Hall–Kier alpha value is -0.260. The third kappa shape index (κ3) is 3.44. The molecule has 0 spiro atoms. The standard InChI is InChI=1S/C14H19F2NS2/c1-3-17-13(14-9(2)18-7-8-19-14)10-5-4-6-11(15)12(10)16/h4-6,9,13-14,17H,3,7-8H2,1-2H3. The van der Waals surface area contributed by atoms with Crippen LogP contribution in [-0.2, 0) is 0 Å². The molecule has 1 saturated heterocycles. The largest absolute Gasteiger partial charge is 0.309 e. The quantitative estimate of drug-likeness (QED) is 0.907. The van der Waals surface area contributed by atoms with Gasteiger partial charge in [-0.2, -0.15) is 23.5 Å². The summed E-state index contributed by atoms with van der Waals surface area (Å²) in [5.41, 5.74) is 0.452. The van der Waals surface area contributed by atoms with Crippen molar-refractivity contribution in [2.24, 2.45) is 0 Å². The lowest BCUT2D eigenvalue weighted by atomic mass is 10.0. The van der Waals surface area contributed by atoms with Crippen LogP contribution in [-0.4, -0.2) is 28.6 Å². The van der Waals surface area contributed by atoms with Crippen molar-refractivity contribution < 1.29 is 8.78 Å². The van der Waals surface area contributed by atoms with Crippen molar-refractivity contribution in [2.45, 2.75) is 30.4 Å². The smallest absolute Gasteiger partial charge is 0.163 e. The van der Waals surface area contributed by atoms with E-state index in [0.717, 1.165) is 18.1 Å². The van der Waals surface area contributed by atoms with Crippen LogP contribution in [0.25, 0.3) is 0 Å². The van der Waals surface area contributed by atoms with Gasteiger partial charge in [0.2, 0.25) is 0 Å². The number of nitrogens with one attached hydrogen (secondary N) is 1. The Labute approximate surface area is 121 Å². The average Bonchev–Trinajstić information content (AvgIpc) is 2.41. The zero-order valence-electron chi connectivity index (χ0n) is 11.2. The van der Waals surface area contributed by atoms with Crippen molar-refractivity contribution in [2.75, 3.05) is 18.1 Å². The molecule has 0 saturated carbocycles. The van der Waals surface area contributed by atoms with Gasteiger partial charge in [0.1, 0.15) is 0 Å². The molecule has 1 nitrogen and oxygen atoms in total. The minimum absolute atomic E-state index is 0.131. The Kier molecular flexibility index (Phi) is 5.54. The van der Waals surface area contributed by atoms with Gasteiger partial charge in [-0.25, -0.2) is 8.78 Å². The molecule has 1 fully saturated rings. The summed E-state index contributed by atoms with van der Waals surface area (Å²) in [6, 6.07) is 4.32.